The van der Waals surface area contributed by atoms with Crippen molar-refractivity contribution < 1.29 is 4.74 Å². The molecule has 0 aliphatic heterocycles. The molecular weight excluding hydrogens is 238 g/mol. The van der Waals surface area contributed by atoms with E-state index in [-0.39, 0.29) is 0 Å². The number of ether oxygens (including phenoxy) is 1. The number of hydrogen-bond donors (Lipinski definition) is 1. The van der Waals surface area contributed by atoms with E-state index in [4.69, 9.17) is 4.74 Å². The number of fused-ring (bicyclic) bond motifs is 1. The lowest BCUT2D eigenvalue weighted by atomic mass is 9.93. The maximum atomic E-state index is 5.40. The molecule has 0 saturated carbocycles. The van der Waals surface area contributed by atoms with Crippen molar-refractivity contribution in [2.24, 2.45) is 7.05 Å². The minimum atomic E-state index is 0.328. The van der Waals surface area contributed by atoms with Crippen molar-refractivity contribution in [2.75, 3.05) is 12.4 Å². The molecule has 4 heteroatoms. The minimum Gasteiger partial charge on any atom is -0.495 e. The van der Waals surface area contributed by atoms with Crippen LogP contribution in [0.25, 0.3) is 0 Å². The Balaban J connectivity index is 1.88. The SMILES string of the molecule is COc1ccccc1NC1CCCc2c1cnn2C. The maximum absolute atomic E-state index is 5.40. The van der Waals surface area contributed by atoms with Crippen LogP contribution >= 0.6 is 0 Å². The van der Waals surface area contributed by atoms with Crippen LogP contribution in [0.1, 0.15) is 30.1 Å². The second kappa shape index (κ2) is 4.96. The molecule has 0 radical (unpaired) electrons. The molecular formula is C15H19N3O. The van der Waals surface area contributed by atoms with Crippen LogP contribution in [0.3, 0.4) is 0 Å². The lowest BCUT2D eigenvalue weighted by Gasteiger charge is -2.25. The van der Waals surface area contributed by atoms with Crippen molar-refractivity contribution in [2.45, 2.75) is 25.3 Å². The molecule has 1 aliphatic rings. The maximum Gasteiger partial charge on any atom is 0.141 e. The fraction of sp³-hybridized carbons (Fsp3) is 0.400. The van der Waals surface area contributed by atoms with E-state index in [9.17, 15) is 0 Å². The first-order valence-electron chi connectivity index (χ1n) is 6.70. The Labute approximate surface area is 113 Å². The zero-order valence-corrected chi connectivity index (χ0v) is 11.4. The highest BCUT2D eigenvalue weighted by molar-refractivity contribution is 5.57. The molecule has 1 unspecified atom stereocenters. The first-order chi connectivity index (χ1) is 9.29. The summed E-state index contributed by atoms with van der Waals surface area (Å²) in [7, 11) is 3.72. The van der Waals surface area contributed by atoms with Crippen molar-refractivity contribution in [3.05, 3.63) is 41.7 Å². The molecule has 2 aromatic rings. The number of hydrogen-bond acceptors (Lipinski definition) is 3. The third-order valence-electron chi connectivity index (χ3n) is 3.81. The Morgan fingerprint density at radius 3 is 3.05 bits per heavy atom. The third kappa shape index (κ3) is 2.18. The summed E-state index contributed by atoms with van der Waals surface area (Å²) in [6.45, 7) is 0. The van der Waals surface area contributed by atoms with Crippen molar-refractivity contribution in [3.63, 3.8) is 0 Å². The lowest BCUT2D eigenvalue weighted by Crippen LogP contribution is -2.18. The summed E-state index contributed by atoms with van der Waals surface area (Å²) < 4.78 is 7.39. The van der Waals surface area contributed by atoms with Gasteiger partial charge in [0, 0.05) is 18.3 Å². The van der Waals surface area contributed by atoms with Gasteiger partial charge in [0.2, 0.25) is 0 Å². The van der Waals surface area contributed by atoms with Crippen LogP contribution in [0.2, 0.25) is 0 Å². The van der Waals surface area contributed by atoms with Gasteiger partial charge in [-0.05, 0) is 31.4 Å². The van der Waals surface area contributed by atoms with Crippen molar-refractivity contribution in [1.29, 1.82) is 0 Å². The van der Waals surface area contributed by atoms with Crippen molar-refractivity contribution in [1.82, 2.24) is 9.78 Å². The number of nitrogens with one attached hydrogen (secondary N) is 1. The van der Waals surface area contributed by atoms with Crippen LogP contribution in [0.5, 0.6) is 5.75 Å². The molecule has 0 saturated heterocycles. The van der Waals surface area contributed by atoms with Gasteiger partial charge in [-0.3, -0.25) is 4.68 Å². The van der Waals surface area contributed by atoms with Gasteiger partial charge in [0.25, 0.3) is 0 Å². The van der Waals surface area contributed by atoms with Crippen molar-refractivity contribution >= 4 is 5.69 Å². The summed E-state index contributed by atoms with van der Waals surface area (Å²) >= 11 is 0. The number of nitrogens with zero attached hydrogens (tertiary/aromatic N) is 2. The summed E-state index contributed by atoms with van der Waals surface area (Å²) in [5, 5.41) is 7.97. The van der Waals surface area contributed by atoms with E-state index in [1.54, 1.807) is 7.11 Å². The Bertz CT molecular complexity index is 577. The number of anilines is 1. The summed E-state index contributed by atoms with van der Waals surface area (Å²) in [4.78, 5) is 0. The highest BCUT2D eigenvalue weighted by atomic mass is 16.5. The van der Waals surface area contributed by atoms with E-state index >= 15 is 0 Å². The first kappa shape index (κ1) is 12.1. The summed E-state index contributed by atoms with van der Waals surface area (Å²) in [6, 6.07) is 8.38. The van der Waals surface area contributed by atoms with Crippen LogP contribution in [-0.4, -0.2) is 16.9 Å². The van der Waals surface area contributed by atoms with Crippen molar-refractivity contribution in [3.8, 4) is 5.75 Å². The minimum absolute atomic E-state index is 0.328. The monoisotopic (exact) mass is 257 g/mol. The Morgan fingerprint density at radius 1 is 1.37 bits per heavy atom. The number of para-hydroxylation sites is 2. The van der Waals surface area contributed by atoms with Gasteiger partial charge in [-0.25, -0.2) is 0 Å². The van der Waals surface area contributed by atoms with E-state index in [2.05, 4.69) is 16.5 Å². The number of benzene rings is 1. The smallest absolute Gasteiger partial charge is 0.141 e. The molecule has 1 aliphatic carbocycles. The van der Waals surface area contributed by atoms with Crippen LogP contribution in [-0.2, 0) is 13.5 Å². The predicted octanol–water partition coefficient (Wildman–Crippen LogP) is 2.92. The Kier molecular flexibility index (Phi) is 3.15. The second-order valence-corrected chi connectivity index (χ2v) is 4.96. The number of methoxy groups -OCH3 is 1. The molecule has 1 aromatic carbocycles. The van der Waals surface area contributed by atoms with Crippen LogP contribution in [0.15, 0.2) is 30.5 Å². The standard InChI is InChI=1S/C15H19N3O/c1-18-14-8-5-7-12(11(14)10-16-18)17-13-6-3-4-9-15(13)19-2/h3-4,6,9-10,12,17H,5,7-8H2,1-2H3. The average molecular weight is 257 g/mol. The van der Waals surface area contributed by atoms with E-state index in [1.165, 1.54) is 17.7 Å². The molecule has 1 N–H and O–H groups in total. The van der Waals surface area contributed by atoms with Gasteiger partial charge in [0.1, 0.15) is 5.75 Å². The molecule has 1 atom stereocenters. The Hall–Kier alpha value is -1.97. The van der Waals surface area contributed by atoms with Crippen LogP contribution in [0.4, 0.5) is 5.69 Å². The molecule has 0 spiro atoms. The second-order valence-electron chi connectivity index (χ2n) is 4.96. The summed E-state index contributed by atoms with van der Waals surface area (Å²) in [5.41, 5.74) is 3.71. The van der Waals surface area contributed by atoms with E-state index < -0.39 is 0 Å². The van der Waals surface area contributed by atoms with Gasteiger partial charge in [0.05, 0.1) is 25.0 Å². The Morgan fingerprint density at radius 2 is 2.21 bits per heavy atom. The highest BCUT2D eigenvalue weighted by Crippen LogP contribution is 2.34. The molecule has 0 fully saturated rings. The fourth-order valence-electron chi connectivity index (χ4n) is 2.81. The average Bonchev–Trinajstić information content (AvgIpc) is 2.82. The molecule has 1 aromatic heterocycles. The van der Waals surface area contributed by atoms with E-state index in [1.807, 2.05) is 36.1 Å². The molecule has 19 heavy (non-hydrogen) atoms. The van der Waals surface area contributed by atoms with Crippen LogP contribution < -0.4 is 10.1 Å². The largest absolute Gasteiger partial charge is 0.495 e. The summed E-state index contributed by atoms with van der Waals surface area (Å²) in [6.07, 6.45) is 5.44. The first-order valence-corrected chi connectivity index (χ1v) is 6.70. The lowest BCUT2D eigenvalue weighted by molar-refractivity contribution is 0.415. The van der Waals surface area contributed by atoms with Crippen LogP contribution in [0, 0.1) is 0 Å². The quantitative estimate of drug-likeness (QED) is 0.919. The topological polar surface area (TPSA) is 39.1 Å². The van der Waals surface area contributed by atoms with E-state index in [0.717, 1.165) is 24.3 Å². The predicted molar refractivity (Wildman–Crippen MR) is 75.5 cm³/mol. The highest BCUT2D eigenvalue weighted by Gasteiger charge is 2.23. The molecule has 3 rings (SSSR count). The number of rotatable bonds is 3. The summed E-state index contributed by atoms with van der Waals surface area (Å²) in [5.74, 6) is 0.888. The van der Waals surface area contributed by atoms with Gasteiger partial charge in [-0.2, -0.15) is 5.10 Å². The fourth-order valence-corrected chi connectivity index (χ4v) is 2.81. The third-order valence-corrected chi connectivity index (χ3v) is 3.81. The zero-order valence-electron chi connectivity index (χ0n) is 11.4. The normalized spacial score (nSPS) is 17.9. The van der Waals surface area contributed by atoms with E-state index in [0.29, 0.717) is 6.04 Å². The zero-order chi connectivity index (χ0) is 13.2. The molecule has 1 heterocycles. The molecule has 4 nitrogen and oxygen atoms in total. The van der Waals surface area contributed by atoms with Gasteiger partial charge in [0.15, 0.2) is 0 Å². The van der Waals surface area contributed by atoms with Gasteiger partial charge < -0.3 is 10.1 Å². The number of aromatic nitrogens is 2. The van der Waals surface area contributed by atoms with Gasteiger partial charge >= 0.3 is 0 Å². The molecule has 0 bridgehead atoms. The molecule has 0 amide bonds. The number of aryl methyl sites for hydroxylation is 1. The van der Waals surface area contributed by atoms with Gasteiger partial charge in [-0.1, -0.05) is 12.1 Å². The van der Waals surface area contributed by atoms with Gasteiger partial charge in [-0.15, -0.1) is 0 Å². The molecule has 100 valence electrons.